The standard InChI is InChI=1S/C14H18N2O3/c1-8-6-10(7-8)15-14(19)16-12-5-3-4-11(9(12)2)13(17)18/h3-5,8,10H,6-7H2,1-2H3,(H,17,18)(H2,15,16,19). The zero-order valence-corrected chi connectivity index (χ0v) is 11.1. The third-order valence-electron chi connectivity index (χ3n) is 3.52. The molecule has 0 bridgehead atoms. The summed E-state index contributed by atoms with van der Waals surface area (Å²) >= 11 is 0. The number of amides is 2. The summed E-state index contributed by atoms with van der Waals surface area (Å²) in [7, 11) is 0. The normalized spacial score (nSPS) is 21.4. The van der Waals surface area contributed by atoms with Gasteiger partial charge in [0.05, 0.1) is 5.56 Å². The smallest absolute Gasteiger partial charge is 0.336 e. The van der Waals surface area contributed by atoms with Gasteiger partial charge in [-0.1, -0.05) is 13.0 Å². The van der Waals surface area contributed by atoms with E-state index in [1.54, 1.807) is 19.1 Å². The monoisotopic (exact) mass is 262 g/mol. The van der Waals surface area contributed by atoms with Crippen LogP contribution in [0.25, 0.3) is 0 Å². The number of carbonyl (C=O) groups excluding carboxylic acids is 1. The summed E-state index contributed by atoms with van der Waals surface area (Å²) < 4.78 is 0. The number of anilines is 1. The van der Waals surface area contributed by atoms with Gasteiger partial charge < -0.3 is 15.7 Å². The van der Waals surface area contributed by atoms with Crippen LogP contribution >= 0.6 is 0 Å². The molecule has 5 heteroatoms. The Morgan fingerprint density at radius 2 is 2.00 bits per heavy atom. The Labute approximate surface area is 112 Å². The number of hydrogen-bond acceptors (Lipinski definition) is 2. The van der Waals surface area contributed by atoms with Crippen LogP contribution in [-0.2, 0) is 0 Å². The third kappa shape index (κ3) is 3.05. The summed E-state index contributed by atoms with van der Waals surface area (Å²) in [5, 5.41) is 14.6. The lowest BCUT2D eigenvalue weighted by Gasteiger charge is -2.33. The Bertz CT molecular complexity index is 507. The number of nitrogens with one attached hydrogen (secondary N) is 2. The number of urea groups is 1. The number of benzene rings is 1. The van der Waals surface area contributed by atoms with Crippen LogP contribution in [0, 0.1) is 12.8 Å². The Kier molecular flexibility index (Phi) is 3.74. The molecule has 5 nitrogen and oxygen atoms in total. The molecule has 2 rings (SSSR count). The quantitative estimate of drug-likeness (QED) is 0.783. The van der Waals surface area contributed by atoms with E-state index in [2.05, 4.69) is 17.6 Å². The fourth-order valence-electron chi connectivity index (χ4n) is 2.37. The zero-order valence-electron chi connectivity index (χ0n) is 11.1. The molecule has 1 aliphatic carbocycles. The molecule has 1 aromatic rings. The van der Waals surface area contributed by atoms with Crippen molar-refractivity contribution in [3.63, 3.8) is 0 Å². The van der Waals surface area contributed by atoms with E-state index in [4.69, 9.17) is 5.11 Å². The first-order valence-electron chi connectivity index (χ1n) is 6.37. The number of carboxylic acids is 1. The van der Waals surface area contributed by atoms with E-state index in [-0.39, 0.29) is 17.6 Å². The molecular weight excluding hydrogens is 244 g/mol. The molecule has 1 aromatic carbocycles. The molecule has 102 valence electrons. The molecule has 1 aliphatic rings. The van der Waals surface area contributed by atoms with Crippen LogP contribution in [0.4, 0.5) is 10.5 Å². The van der Waals surface area contributed by atoms with Gasteiger partial charge in [0.25, 0.3) is 0 Å². The minimum atomic E-state index is -0.991. The second-order valence-corrected chi connectivity index (χ2v) is 5.16. The van der Waals surface area contributed by atoms with Gasteiger partial charge in [0.1, 0.15) is 0 Å². The van der Waals surface area contributed by atoms with Crippen LogP contribution < -0.4 is 10.6 Å². The maximum absolute atomic E-state index is 11.8. The molecule has 1 saturated carbocycles. The molecule has 0 atom stereocenters. The summed E-state index contributed by atoms with van der Waals surface area (Å²) in [6.45, 7) is 3.83. The molecule has 0 aromatic heterocycles. The summed E-state index contributed by atoms with van der Waals surface area (Å²) in [4.78, 5) is 22.8. The second kappa shape index (κ2) is 5.30. The van der Waals surface area contributed by atoms with Crippen LogP contribution in [0.3, 0.4) is 0 Å². The largest absolute Gasteiger partial charge is 0.478 e. The molecule has 0 aliphatic heterocycles. The zero-order chi connectivity index (χ0) is 14.0. The highest BCUT2D eigenvalue weighted by Gasteiger charge is 2.26. The number of rotatable bonds is 3. The van der Waals surface area contributed by atoms with E-state index in [1.165, 1.54) is 6.07 Å². The van der Waals surface area contributed by atoms with E-state index in [0.717, 1.165) is 12.8 Å². The second-order valence-electron chi connectivity index (χ2n) is 5.16. The van der Waals surface area contributed by atoms with Gasteiger partial charge in [-0.05, 0) is 43.4 Å². The number of aromatic carboxylic acids is 1. The van der Waals surface area contributed by atoms with Crippen LogP contribution in [0.2, 0.25) is 0 Å². The summed E-state index contributed by atoms with van der Waals surface area (Å²) in [6.07, 6.45) is 2.00. The van der Waals surface area contributed by atoms with Gasteiger partial charge in [0.15, 0.2) is 0 Å². The third-order valence-corrected chi connectivity index (χ3v) is 3.52. The highest BCUT2D eigenvalue weighted by molar-refractivity contribution is 5.95. The molecule has 0 radical (unpaired) electrons. The number of carboxylic acid groups (broad SMARTS) is 1. The summed E-state index contributed by atoms with van der Waals surface area (Å²) in [6, 6.07) is 4.80. The van der Waals surface area contributed by atoms with Crippen molar-refractivity contribution in [3.8, 4) is 0 Å². The van der Waals surface area contributed by atoms with Gasteiger partial charge in [0, 0.05) is 11.7 Å². The van der Waals surface area contributed by atoms with E-state index >= 15 is 0 Å². The van der Waals surface area contributed by atoms with E-state index < -0.39 is 5.97 Å². The summed E-state index contributed by atoms with van der Waals surface area (Å²) in [5.74, 6) is -0.322. The Morgan fingerprint density at radius 1 is 1.32 bits per heavy atom. The minimum absolute atomic E-state index is 0.204. The fraction of sp³-hybridized carbons (Fsp3) is 0.429. The molecule has 0 heterocycles. The van der Waals surface area contributed by atoms with Crippen molar-refractivity contribution in [1.29, 1.82) is 0 Å². The summed E-state index contributed by atoms with van der Waals surface area (Å²) in [5.41, 5.74) is 1.30. The van der Waals surface area contributed by atoms with Gasteiger partial charge in [-0.3, -0.25) is 0 Å². The maximum atomic E-state index is 11.8. The van der Waals surface area contributed by atoms with Gasteiger partial charge in [-0.15, -0.1) is 0 Å². The Hall–Kier alpha value is -2.04. The predicted molar refractivity (Wildman–Crippen MR) is 72.5 cm³/mol. The van der Waals surface area contributed by atoms with Crippen molar-refractivity contribution in [2.75, 3.05) is 5.32 Å². The molecule has 2 amide bonds. The first kappa shape index (κ1) is 13.4. The van der Waals surface area contributed by atoms with Crippen LogP contribution in [0.1, 0.15) is 35.7 Å². The van der Waals surface area contributed by atoms with Gasteiger partial charge in [-0.2, -0.15) is 0 Å². The van der Waals surface area contributed by atoms with Crippen molar-refractivity contribution < 1.29 is 14.7 Å². The van der Waals surface area contributed by atoms with E-state index in [0.29, 0.717) is 17.2 Å². The molecule has 19 heavy (non-hydrogen) atoms. The number of hydrogen-bond donors (Lipinski definition) is 3. The van der Waals surface area contributed by atoms with Crippen LogP contribution in [0.5, 0.6) is 0 Å². The lowest BCUT2D eigenvalue weighted by molar-refractivity contribution is 0.0696. The van der Waals surface area contributed by atoms with E-state index in [9.17, 15) is 9.59 Å². The average Bonchev–Trinajstić information content (AvgIpc) is 2.29. The highest BCUT2D eigenvalue weighted by atomic mass is 16.4. The first-order chi connectivity index (χ1) is 8.97. The van der Waals surface area contributed by atoms with E-state index in [1.807, 2.05) is 0 Å². The molecule has 0 spiro atoms. The van der Waals surface area contributed by atoms with Crippen LogP contribution in [0.15, 0.2) is 18.2 Å². The fourth-order valence-corrected chi connectivity index (χ4v) is 2.37. The lowest BCUT2D eigenvalue weighted by Crippen LogP contribution is -2.45. The minimum Gasteiger partial charge on any atom is -0.478 e. The highest BCUT2D eigenvalue weighted by Crippen LogP contribution is 2.26. The molecular formula is C14H18N2O3. The van der Waals surface area contributed by atoms with Crippen molar-refractivity contribution in [3.05, 3.63) is 29.3 Å². The van der Waals surface area contributed by atoms with Crippen molar-refractivity contribution in [2.24, 2.45) is 5.92 Å². The molecule has 0 unspecified atom stereocenters. The maximum Gasteiger partial charge on any atom is 0.336 e. The Balaban J connectivity index is 2.00. The van der Waals surface area contributed by atoms with Crippen LogP contribution in [-0.4, -0.2) is 23.1 Å². The predicted octanol–water partition coefficient (Wildman–Crippen LogP) is 2.61. The van der Waals surface area contributed by atoms with Gasteiger partial charge in [-0.25, -0.2) is 9.59 Å². The Morgan fingerprint density at radius 3 is 2.58 bits per heavy atom. The van der Waals surface area contributed by atoms with Crippen molar-refractivity contribution in [1.82, 2.24) is 5.32 Å². The first-order valence-corrected chi connectivity index (χ1v) is 6.37. The molecule has 3 N–H and O–H groups in total. The van der Waals surface area contributed by atoms with Crippen molar-refractivity contribution >= 4 is 17.7 Å². The molecule has 1 fully saturated rings. The van der Waals surface area contributed by atoms with Crippen molar-refractivity contribution in [2.45, 2.75) is 32.7 Å². The SMILES string of the molecule is Cc1c(NC(=O)NC2CC(C)C2)cccc1C(=O)O. The van der Waals surface area contributed by atoms with Gasteiger partial charge in [0.2, 0.25) is 0 Å². The van der Waals surface area contributed by atoms with Gasteiger partial charge >= 0.3 is 12.0 Å². The lowest BCUT2D eigenvalue weighted by atomic mass is 9.82. The molecule has 0 saturated heterocycles. The average molecular weight is 262 g/mol. The topological polar surface area (TPSA) is 78.4 Å². The number of carbonyl (C=O) groups is 2.